The van der Waals surface area contributed by atoms with Crippen LogP contribution in [0.15, 0.2) is 30.9 Å². The molecule has 2 fully saturated rings. The van der Waals surface area contributed by atoms with Gasteiger partial charge in [-0.3, -0.25) is 14.5 Å². The normalized spacial score (nSPS) is 23.8. The van der Waals surface area contributed by atoms with Crippen molar-refractivity contribution in [3.8, 4) is 11.5 Å². The number of benzene rings is 1. The Hall–Kier alpha value is -2.54. The molecule has 4 rings (SSSR count). The zero-order chi connectivity index (χ0) is 18.8. The summed E-state index contributed by atoms with van der Waals surface area (Å²) >= 11 is 0. The highest BCUT2D eigenvalue weighted by molar-refractivity contribution is 5.92. The van der Waals surface area contributed by atoms with Gasteiger partial charge in [-0.25, -0.2) is 0 Å². The van der Waals surface area contributed by atoms with Crippen molar-refractivity contribution in [3.05, 3.63) is 36.4 Å². The maximum absolute atomic E-state index is 12.6. The van der Waals surface area contributed by atoms with Gasteiger partial charge in [0, 0.05) is 39.3 Å². The molecular formula is C20H25N3O4. The van der Waals surface area contributed by atoms with E-state index in [1.807, 2.05) is 17.0 Å². The van der Waals surface area contributed by atoms with E-state index in [1.165, 1.54) is 5.56 Å². The molecule has 2 aliphatic heterocycles. The third-order valence-corrected chi connectivity index (χ3v) is 5.39. The summed E-state index contributed by atoms with van der Waals surface area (Å²) in [5.41, 5.74) is 1.18. The fraction of sp³-hybridized carbons (Fsp3) is 0.500. The number of fused-ring (bicyclic) bond motifs is 1. The van der Waals surface area contributed by atoms with Gasteiger partial charge >= 0.3 is 0 Å². The number of piperazine rings is 1. The van der Waals surface area contributed by atoms with Crippen LogP contribution in [0.25, 0.3) is 0 Å². The second kappa shape index (κ2) is 7.60. The quantitative estimate of drug-likeness (QED) is 0.756. The molecule has 2 amide bonds. The summed E-state index contributed by atoms with van der Waals surface area (Å²) < 4.78 is 10.8. The number of hydrogen-bond donors (Lipinski definition) is 1. The van der Waals surface area contributed by atoms with Crippen LogP contribution < -0.4 is 14.8 Å². The number of nitrogens with one attached hydrogen (secondary N) is 1. The highest BCUT2D eigenvalue weighted by Gasteiger charge is 2.49. The van der Waals surface area contributed by atoms with Crippen LogP contribution in [-0.4, -0.2) is 61.1 Å². The lowest BCUT2D eigenvalue weighted by Gasteiger charge is -2.35. The van der Waals surface area contributed by atoms with Gasteiger partial charge in [0.1, 0.15) is 0 Å². The first-order valence-electron chi connectivity index (χ1n) is 9.44. The lowest BCUT2D eigenvalue weighted by Crippen LogP contribution is -2.49. The maximum Gasteiger partial charge on any atom is 0.231 e. The topological polar surface area (TPSA) is 71.1 Å². The minimum absolute atomic E-state index is 0.0327. The molecule has 1 saturated heterocycles. The summed E-state index contributed by atoms with van der Waals surface area (Å²) in [6.45, 7) is 8.24. The van der Waals surface area contributed by atoms with Gasteiger partial charge in [0.2, 0.25) is 18.6 Å². The van der Waals surface area contributed by atoms with Crippen LogP contribution in [0.2, 0.25) is 0 Å². The van der Waals surface area contributed by atoms with Crippen molar-refractivity contribution in [1.29, 1.82) is 0 Å². The van der Waals surface area contributed by atoms with Gasteiger partial charge in [-0.15, -0.1) is 6.58 Å². The summed E-state index contributed by atoms with van der Waals surface area (Å²) in [6, 6.07) is 6.03. The Balaban J connectivity index is 1.24. The van der Waals surface area contributed by atoms with E-state index in [4.69, 9.17) is 9.47 Å². The van der Waals surface area contributed by atoms with Crippen molar-refractivity contribution < 1.29 is 19.1 Å². The van der Waals surface area contributed by atoms with E-state index in [9.17, 15) is 9.59 Å². The first kappa shape index (κ1) is 17.9. The SMILES string of the molecule is C=CCNC(=O)C1CC1C(=O)N1CCN(Cc2ccc3c(c2)OCO3)CC1. The average Bonchev–Trinajstić information content (AvgIpc) is 3.36. The summed E-state index contributed by atoms with van der Waals surface area (Å²) in [7, 11) is 0. The molecule has 0 bridgehead atoms. The largest absolute Gasteiger partial charge is 0.454 e. The first-order valence-corrected chi connectivity index (χ1v) is 9.44. The predicted octanol–water partition coefficient (Wildman–Crippen LogP) is 0.998. The molecular weight excluding hydrogens is 346 g/mol. The van der Waals surface area contributed by atoms with E-state index < -0.39 is 0 Å². The van der Waals surface area contributed by atoms with Gasteiger partial charge in [0.05, 0.1) is 11.8 Å². The van der Waals surface area contributed by atoms with Crippen molar-refractivity contribution in [2.75, 3.05) is 39.5 Å². The zero-order valence-electron chi connectivity index (χ0n) is 15.4. The van der Waals surface area contributed by atoms with Gasteiger partial charge in [-0.05, 0) is 24.1 Å². The monoisotopic (exact) mass is 371 g/mol. The molecule has 2 unspecified atom stereocenters. The second-order valence-corrected chi connectivity index (χ2v) is 7.27. The van der Waals surface area contributed by atoms with Crippen LogP contribution >= 0.6 is 0 Å². The zero-order valence-corrected chi connectivity index (χ0v) is 15.4. The molecule has 144 valence electrons. The number of rotatable bonds is 6. The molecule has 1 N–H and O–H groups in total. The Morgan fingerprint density at radius 2 is 1.93 bits per heavy atom. The number of ether oxygens (including phenoxy) is 2. The summed E-state index contributed by atoms with van der Waals surface area (Å²) in [4.78, 5) is 28.8. The molecule has 0 radical (unpaired) electrons. The van der Waals surface area contributed by atoms with E-state index >= 15 is 0 Å². The molecule has 1 saturated carbocycles. The number of carbonyl (C=O) groups excluding carboxylic acids is 2. The van der Waals surface area contributed by atoms with E-state index in [-0.39, 0.29) is 30.4 Å². The molecule has 0 aromatic heterocycles. The van der Waals surface area contributed by atoms with Gasteiger partial charge < -0.3 is 19.7 Å². The standard InChI is InChI=1S/C20H25N3O4/c1-2-5-21-19(24)15-11-16(15)20(25)23-8-6-22(7-9-23)12-14-3-4-17-18(10-14)27-13-26-17/h2-4,10,15-16H,1,5-9,11-13H2,(H,21,24). The van der Waals surface area contributed by atoms with Crippen LogP contribution in [0, 0.1) is 11.8 Å². The molecule has 0 spiro atoms. The third kappa shape index (κ3) is 3.93. The fourth-order valence-corrected chi connectivity index (χ4v) is 3.72. The maximum atomic E-state index is 12.6. The van der Waals surface area contributed by atoms with Crippen molar-refractivity contribution in [1.82, 2.24) is 15.1 Å². The molecule has 27 heavy (non-hydrogen) atoms. The highest BCUT2D eigenvalue weighted by Crippen LogP contribution is 2.40. The molecule has 7 nitrogen and oxygen atoms in total. The van der Waals surface area contributed by atoms with Crippen molar-refractivity contribution in [2.24, 2.45) is 11.8 Å². The van der Waals surface area contributed by atoms with E-state index in [2.05, 4.69) is 22.9 Å². The summed E-state index contributed by atoms with van der Waals surface area (Å²) in [5.74, 6) is 1.38. The van der Waals surface area contributed by atoms with Crippen LogP contribution in [0.1, 0.15) is 12.0 Å². The second-order valence-electron chi connectivity index (χ2n) is 7.27. The Morgan fingerprint density at radius 3 is 2.70 bits per heavy atom. The smallest absolute Gasteiger partial charge is 0.231 e. The lowest BCUT2D eigenvalue weighted by molar-refractivity contribution is -0.136. The molecule has 1 aliphatic carbocycles. The average molecular weight is 371 g/mol. The van der Waals surface area contributed by atoms with Crippen LogP contribution in [0.4, 0.5) is 0 Å². The fourth-order valence-electron chi connectivity index (χ4n) is 3.72. The van der Waals surface area contributed by atoms with Crippen LogP contribution in [-0.2, 0) is 16.1 Å². The number of carbonyl (C=O) groups is 2. The molecule has 1 aromatic carbocycles. The minimum atomic E-state index is -0.163. The Bertz CT molecular complexity index is 743. The van der Waals surface area contributed by atoms with E-state index in [0.29, 0.717) is 26.1 Å². The Labute approximate surface area is 158 Å². The van der Waals surface area contributed by atoms with Crippen molar-refractivity contribution in [2.45, 2.75) is 13.0 Å². The first-order chi connectivity index (χ1) is 13.2. The third-order valence-electron chi connectivity index (χ3n) is 5.39. The van der Waals surface area contributed by atoms with Gasteiger partial charge in [-0.2, -0.15) is 0 Å². The summed E-state index contributed by atoms with van der Waals surface area (Å²) in [5, 5.41) is 2.78. The van der Waals surface area contributed by atoms with Crippen LogP contribution in [0.5, 0.6) is 11.5 Å². The molecule has 1 aromatic rings. The molecule has 2 atom stereocenters. The highest BCUT2D eigenvalue weighted by atomic mass is 16.7. The molecule has 3 aliphatic rings. The van der Waals surface area contributed by atoms with E-state index in [1.54, 1.807) is 6.08 Å². The van der Waals surface area contributed by atoms with E-state index in [0.717, 1.165) is 31.1 Å². The lowest BCUT2D eigenvalue weighted by atomic mass is 10.1. The minimum Gasteiger partial charge on any atom is -0.454 e. The molecule has 7 heteroatoms. The van der Waals surface area contributed by atoms with Crippen molar-refractivity contribution in [3.63, 3.8) is 0 Å². The van der Waals surface area contributed by atoms with Crippen molar-refractivity contribution >= 4 is 11.8 Å². The Morgan fingerprint density at radius 1 is 1.15 bits per heavy atom. The summed E-state index contributed by atoms with van der Waals surface area (Å²) in [6.07, 6.45) is 2.32. The van der Waals surface area contributed by atoms with Gasteiger partial charge in [-0.1, -0.05) is 12.1 Å². The van der Waals surface area contributed by atoms with Gasteiger partial charge in [0.25, 0.3) is 0 Å². The number of amides is 2. The van der Waals surface area contributed by atoms with Crippen LogP contribution in [0.3, 0.4) is 0 Å². The Kier molecular flexibility index (Phi) is 5.03. The predicted molar refractivity (Wildman–Crippen MR) is 99.2 cm³/mol. The van der Waals surface area contributed by atoms with Gasteiger partial charge in [0.15, 0.2) is 11.5 Å². The number of hydrogen-bond acceptors (Lipinski definition) is 5. The number of nitrogens with zero attached hydrogens (tertiary/aromatic N) is 2. The molecule has 2 heterocycles.